The molecule has 0 heterocycles. The van der Waals surface area contributed by atoms with Crippen LogP contribution in [0.25, 0.3) is 0 Å². The molecular formula is C35H52ClNO4. The molecule has 0 fully saturated rings. The largest absolute Gasteiger partial charge is 0.478 e. The highest BCUT2D eigenvalue weighted by atomic mass is 35.5. The number of carbonyl (C=O) groups excluding carboxylic acids is 1. The minimum Gasteiger partial charge on any atom is -0.478 e. The number of rotatable bonds is 9. The van der Waals surface area contributed by atoms with E-state index in [-0.39, 0.29) is 23.0 Å². The maximum atomic E-state index is 13.0. The molecule has 0 saturated carbocycles. The van der Waals surface area contributed by atoms with E-state index in [9.17, 15) is 9.90 Å². The summed E-state index contributed by atoms with van der Waals surface area (Å²) in [5.74, 6) is -0.00430. The predicted octanol–water partition coefficient (Wildman–Crippen LogP) is 7.75. The predicted molar refractivity (Wildman–Crippen MR) is 169 cm³/mol. The Morgan fingerprint density at radius 1 is 1.12 bits per heavy atom. The van der Waals surface area contributed by atoms with E-state index in [1.54, 1.807) is 0 Å². The molecule has 0 saturated heterocycles. The standard InChI is InChI=1S/C35H52ClNO4/c1-20(2)25(7)41-32(38)26(8)40-31-22(4)18-27-16-17-35(12,33(9,10)30(27)24(31)6)37(13)19-34(11,39)29-21(3)14-15-28(36)23(29)5/h14-15,18,20,25-26,39H,16-17,19H2,1-13H3/t25?,26?,34-,35-/m0/s1/i26D. The van der Waals surface area contributed by atoms with E-state index in [1.807, 2.05) is 67.5 Å². The van der Waals surface area contributed by atoms with Crippen LogP contribution in [0.2, 0.25) is 5.02 Å². The number of aryl methyl sites for hydroxylation is 3. The maximum absolute atomic E-state index is 13.0. The monoisotopic (exact) mass is 586 g/mol. The van der Waals surface area contributed by atoms with Crippen molar-refractivity contribution in [2.45, 2.75) is 125 Å². The first-order chi connectivity index (χ1) is 19.1. The van der Waals surface area contributed by atoms with Crippen molar-refractivity contribution in [3.05, 3.63) is 62.2 Å². The van der Waals surface area contributed by atoms with Crippen LogP contribution in [0.1, 0.15) is 102 Å². The van der Waals surface area contributed by atoms with Gasteiger partial charge in [0.1, 0.15) is 17.5 Å². The summed E-state index contributed by atoms with van der Waals surface area (Å²) in [6.07, 6.45) is -0.437. The summed E-state index contributed by atoms with van der Waals surface area (Å²) in [7, 11) is 2.09. The lowest BCUT2D eigenvalue weighted by atomic mass is 9.59. The molecule has 41 heavy (non-hydrogen) atoms. The summed E-state index contributed by atoms with van der Waals surface area (Å²) in [6.45, 7) is 24.3. The molecule has 3 rings (SSSR count). The number of esters is 1. The van der Waals surface area contributed by atoms with Crippen molar-refractivity contribution in [3.8, 4) is 5.75 Å². The Bertz CT molecular complexity index is 1350. The Kier molecular flexibility index (Phi) is 9.24. The van der Waals surface area contributed by atoms with Gasteiger partial charge in [0.05, 0.1) is 1.37 Å². The van der Waals surface area contributed by atoms with Crippen molar-refractivity contribution in [2.24, 2.45) is 5.92 Å². The van der Waals surface area contributed by atoms with Crippen LogP contribution in [-0.2, 0) is 27.0 Å². The number of hydrogen-bond acceptors (Lipinski definition) is 5. The zero-order valence-corrected chi connectivity index (χ0v) is 28.3. The highest BCUT2D eigenvalue weighted by Gasteiger charge is 2.51. The molecule has 0 aliphatic heterocycles. The van der Waals surface area contributed by atoms with Crippen LogP contribution in [0.4, 0.5) is 0 Å². The minimum atomic E-state index is -1.89. The Morgan fingerprint density at radius 3 is 2.32 bits per heavy atom. The molecule has 2 aromatic rings. The molecular weight excluding hydrogens is 534 g/mol. The van der Waals surface area contributed by atoms with Crippen LogP contribution < -0.4 is 4.74 Å². The fraction of sp³-hybridized carbons (Fsp3) is 0.629. The fourth-order valence-corrected chi connectivity index (χ4v) is 7.01. The van der Waals surface area contributed by atoms with Gasteiger partial charge in [-0.05, 0) is 126 Å². The molecule has 0 bridgehead atoms. The molecule has 228 valence electrons. The molecule has 2 aromatic carbocycles. The van der Waals surface area contributed by atoms with Crippen molar-refractivity contribution in [2.75, 3.05) is 13.6 Å². The van der Waals surface area contributed by atoms with Gasteiger partial charge in [-0.15, -0.1) is 0 Å². The third kappa shape index (κ3) is 6.19. The maximum Gasteiger partial charge on any atom is 0.347 e. The second-order valence-corrected chi connectivity index (χ2v) is 14.0. The van der Waals surface area contributed by atoms with Crippen LogP contribution >= 0.6 is 11.6 Å². The van der Waals surface area contributed by atoms with Gasteiger partial charge in [0, 0.05) is 22.5 Å². The number of aliphatic hydroxyl groups is 1. The average molecular weight is 587 g/mol. The molecule has 4 atom stereocenters. The van der Waals surface area contributed by atoms with Gasteiger partial charge in [-0.2, -0.15) is 0 Å². The number of nitrogens with zero attached hydrogens (tertiary/aromatic N) is 1. The van der Waals surface area contributed by atoms with Gasteiger partial charge in [0.15, 0.2) is 6.08 Å². The third-order valence-electron chi connectivity index (χ3n) is 9.95. The topological polar surface area (TPSA) is 59.0 Å². The number of likely N-dealkylation sites (N-methyl/N-ethyl adjacent to an activating group) is 1. The Morgan fingerprint density at radius 2 is 1.73 bits per heavy atom. The fourth-order valence-electron chi connectivity index (χ4n) is 6.85. The van der Waals surface area contributed by atoms with E-state index in [0.29, 0.717) is 17.3 Å². The van der Waals surface area contributed by atoms with Gasteiger partial charge in [0.2, 0.25) is 0 Å². The molecule has 2 unspecified atom stereocenters. The van der Waals surface area contributed by atoms with Crippen LogP contribution in [-0.4, -0.2) is 47.3 Å². The van der Waals surface area contributed by atoms with Gasteiger partial charge >= 0.3 is 5.97 Å². The normalized spacial score (nSPS) is 22.4. The first-order valence-electron chi connectivity index (χ1n) is 15.3. The van der Waals surface area contributed by atoms with Gasteiger partial charge in [0.25, 0.3) is 0 Å². The summed E-state index contributed by atoms with van der Waals surface area (Å²) in [5.41, 5.74) is 5.25. The minimum absolute atomic E-state index is 0.139. The summed E-state index contributed by atoms with van der Waals surface area (Å²) >= 11 is 6.48. The Hall–Kier alpha value is -2.08. The van der Waals surface area contributed by atoms with Crippen molar-refractivity contribution in [3.63, 3.8) is 0 Å². The van der Waals surface area contributed by atoms with Gasteiger partial charge in [-0.3, -0.25) is 4.90 Å². The third-order valence-corrected chi connectivity index (χ3v) is 10.4. The molecule has 6 heteroatoms. The highest BCUT2D eigenvalue weighted by molar-refractivity contribution is 6.31. The lowest BCUT2D eigenvalue weighted by molar-refractivity contribution is -0.157. The number of benzene rings is 2. The van der Waals surface area contributed by atoms with Crippen LogP contribution in [0.5, 0.6) is 5.75 Å². The molecule has 0 radical (unpaired) electrons. The molecule has 0 spiro atoms. The van der Waals surface area contributed by atoms with E-state index < -0.39 is 17.7 Å². The van der Waals surface area contributed by atoms with Crippen LogP contribution in [0.3, 0.4) is 0 Å². The zero-order valence-electron chi connectivity index (χ0n) is 28.5. The SMILES string of the molecule is [2H]C(C)(Oc1c(C)cc2c(c1C)C(C)(C)[C@@](C)(N(C)C[C@](C)(O)c1c(C)ccc(Cl)c1C)CC2)C(=O)OC(C)C(C)C. The van der Waals surface area contributed by atoms with Crippen molar-refractivity contribution >= 4 is 17.6 Å². The number of ether oxygens (including phenoxy) is 2. The van der Waals surface area contributed by atoms with Crippen molar-refractivity contribution in [1.29, 1.82) is 0 Å². The van der Waals surface area contributed by atoms with E-state index in [4.69, 9.17) is 22.4 Å². The average Bonchev–Trinajstić information content (AvgIpc) is 2.85. The lowest BCUT2D eigenvalue weighted by Crippen LogP contribution is -2.61. The quantitative estimate of drug-likeness (QED) is 0.304. The summed E-state index contributed by atoms with van der Waals surface area (Å²) < 4.78 is 20.5. The number of halogens is 1. The van der Waals surface area contributed by atoms with Crippen LogP contribution in [0, 0.1) is 33.6 Å². The Labute approximate surface area is 255 Å². The van der Waals surface area contributed by atoms with Gasteiger partial charge in [-0.1, -0.05) is 51.4 Å². The molecule has 1 aliphatic carbocycles. The second kappa shape index (κ2) is 11.9. The number of fused-ring (bicyclic) bond motifs is 1. The number of hydrogen-bond donors (Lipinski definition) is 1. The molecule has 0 amide bonds. The first kappa shape index (κ1) is 31.8. The smallest absolute Gasteiger partial charge is 0.347 e. The second-order valence-electron chi connectivity index (χ2n) is 13.6. The summed E-state index contributed by atoms with van der Waals surface area (Å²) in [4.78, 5) is 15.2. The van der Waals surface area contributed by atoms with Gasteiger partial charge in [-0.25, -0.2) is 4.79 Å². The molecule has 1 aliphatic rings. The van der Waals surface area contributed by atoms with Crippen molar-refractivity contribution in [1.82, 2.24) is 4.90 Å². The number of β-amino-alcohol motifs (C(OH)–C–C–N with tert-alkyl or cyclic N) is 1. The molecule has 0 aromatic heterocycles. The van der Waals surface area contributed by atoms with Gasteiger partial charge < -0.3 is 14.6 Å². The first-order valence-corrected chi connectivity index (χ1v) is 15.2. The zero-order chi connectivity index (χ0) is 32.2. The highest BCUT2D eigenvalue weighted by Crippen LogP contribution is 2.51. The van der Waals surface area contributed by atoms with Crippen LogP contribution in [0.15, 0.2) is 18.2 Å². The van der Waals surface area contributed by atoms with E-state index in [2.05, 4.69) is 38.8 Å². The molecule has 1 N–H and O–H groups in total. The summed E-state index contributed by atoms with van der Waals surface area (Å²) in [6, 6.07) is 6.00. The van der Waals surface area contributed by atoms with E-state index in [1.165, 1.54) is 12.5 Å². The van der Waals surface area contributed by atoms with E-state index in [0.717, 1.165) is 46.2 Å². The lowest BCUT2D eigenvalue weighted by Gasteiger charge is -2.56. The van der Waals surface area contributed by atoms with E-state index >= 15 is 0 Å². The number of carbonyl (C=O) groups is 1. The summed E-state index contributed by atoms with van der Waals surface area (Å²) in [5, 5.41) is 12.5. The Balaban J connectivity index is 2.01. The molecule has 5 nitrogen and oxygen atoms in total. The van der Waals surface area contributed by atoms with Crippen molar-refractivity contribution < 1.29 is 20.7 Å².